The summed E-state index contributed by atoms with van der Waals surface area (Å²) in [6.07, 6.45) is 2.35. The lowest BCUT2D eigenvalue weighted by atomic mass is 10.2. The highest BCUT2D eigenvalue weighted by molar-refractivity contribution is 7.91. The molecule has 1 aromatic heterocycles. The maximum Gasteiger partial charge on any atom is 0.356 e. The minimum absolute atomic E-state index is 0.0521. The van der Waals surface area contributed by atoms with Crippen molar-refractivity contribution in [3.8, 4) is 0 Å². The zero-order chi connectivity index (χ0) is 14.2. The van der Waals surface area contributed by atoms with Crippen molar-refractivity contribution in [2.24, 2.45) is 0 Å². The summed E-state index contributed by atoms with van der Waals surface area (Å²) in [5, 5.41) is 9.01. The van der Waals surface area contributed by atoms with Crippen molar-refractivity contribution in [2.45, 2.75) is 49.4 Å². The van der Waals surface area contributed by atoms with Crippen LogP contribution in [0.1, 0.15) is 43.6 Å². The van der Waals surface area contributed by atoms with Gasteiger partial charge in [-0.25, -0.2) is 18.2 Å². The number of carbonyl (C=O) groups is 1. The van der Waals surface area contributed by atoms with Crippen molar-refractivity contribution >= 4 is 27.3 Å². The van der Waals surface area contributed by atoms with E-state index >= 15 is 0 Å². The first-order valence-electron chi connectivity index (χ1n) is 6.09. The molecule has 0 bridgehead atoms. The zero-order valence-corrected chi connectivity index (χ0v) is 12.4. The highest BCUT2D eigenvalue weighted by atomic mass is 32.2. The summed E-state index contributed by atoms with van der Waals surface area (Å²) >= 11 is 0.865. The van der Waals surface area contributed by atoms with Gasteiger partial charge in [0.15, 0.2) is 9.90 Å². The van der Waals surface area contributed by atoms with Crippen molar-refractivity contribution < 1.29 is 18.3 Å². The largest absolute Gasteiger partial charge is 0.476 e. The second kappa shape index (κ2) is 5.18. The molecule has 0 spiro atoms. The van der Waals surface area contributed by atoms with Crippen LogP contribution in [-0.2, 0) is 10.0 Å². The number of nitrogens with zero attached hydrogens (tertiary/aromatic N) is 2. The number of carboxylic acids is 1. The molecule has 8 heteroatoms. The fourth-order valence-electron chi connectivity index (χ4n) is 2.52. The Morgan fingerprint density at radius 2 is 2.26 bits per heavy atom. The number of sulfonamides is 1. The van der Waals surface area contributed by atoms with Gasteiger partial charge in [0.05, 0.1) is 5.51 Å². The third-order valence-electron chi connectivity index (χ3n) is 3.43. The van der Waals surface area contributed by atoms with Crippen LogP contribution in [0.5, 0.6) is 0 Å². The van der Waals surface area contributed by atoms with Crippen molar-refractivity contribution in [1.82, 2.24) is 9.29 Å². The summed E-state index contributed by atoms with van der Waals surface area (Å²) in [6, 6.07) is -0.151. The average Bonchev–Trinajstić information content (AvgIpc) is 2.94. The molecule has 1 N–H and O–H groups in total. The van der Waals surface area contributed by atoms with E-state index in [0.29, 0.717) is 0 Å². The number of hydrogen-bond donors (Lipinski definition) is 1. The molecule has 19 heavy (non-hydrogen) atoms. The van der Waals surface area contributed by atoms with Crippen LogP contribution in [0.25, 0.3) is 0 Å². The molecule has 0 aliphatic carbocycles. The third kappa shape index (κ3) is 2.39. The molecule has 106 valence electrons. The first-order valence-corrected chi connectivity index (χ1v) is 8.41. The van der Waals surface area contributed by atoms with E-state index in [1.54, 1.807) is 0 Å². The van der Waals surface area contributed by atoms with E-state index in [1.807, 2.05) is 13.8 Å². The Bertz CT molecular complexity index is 581. The van der Waals surface area contributed by atoms with Gasteiger partial charge in [-0.2, -0.15) is 4.31 Å². The van der Waals surface area contributed by atoms with Crippen LogP contribution in [-0.4, -0.2) is 40.9 Å². The van der Waals surface area contributed by atoms with E-state index in [4.69, 9.17) is 5.11 Å². The van der Waals surface area contributed by atoms with E-state index in [0.717, 1.165) is 30.6 Å². The predicted molar refractivity (Wildman–Crippen MR) is 70.9 cm³/mol. The van der Waals surface area contributed by atoms with Gasteiger partial charge < -0.3 is 5.11 Å². The molecule has 1 aliphatic heterocycles. The molecule has 0 radical (unpaired) electrons. The number of rotatable bonds is 4. The third-order valence-corrected chi connectivity index (χ3v) is 6.85. The maximum absolute atomic E-state index is 12.6. The van der Waals surface area contributed by atoms with Gasteiger partial charge in [0.2, 0.25) is 0 Å². The summed E-state index contributed by atoms with van der Waals surface area (Å²) in [5.74, 6) is -1.31. The van der Waals surface area contributed by atoms with Gasteiger partial charge in [0, 0.05) is 12.1 Å². The number of aromatic nitrogens is 1. The van der Waals surface area contributed by atoms with Crippen molar-refractivity contribution in [3.63, 3.8) is 0 Å². The molecular weight excluding hydrogens is 288 g/mol. The monoisotopic (exact) mass is 304 g/mol. The standard InChI is InChI=1S/C11H16N2O4S2/c1-3-8-5-4-7(2)13(8)19(16,17)11-9(10(14)15)12-6-18-11/h6-8H,3-5H2,1-2H3,(H,14,15). The van der Waals surface area contributed by atoms with Gasteiger partial charge in [0.25, 0.3) is 10.0 Å². The average molecular weight is 304 g/mol. The number of carboxylic acid groups (broad SMARTS) is 1. The quantitative estimate of drug-likeness (QED) is 0.916. The topological polar surface area (TPSA) is 87.6 Å². The Hall–Kier alpha value is -0.990. The molecule has 1 fully saturated rings. The smallest absolute Gasteiger partial charge is 0.356 e. The van der Waals surface area contributed by atoms with E-state index in [1.165, 1.54) is 9.82 Å². The Balaban J connectivity index is 2.47. The van der Waals surface area contributed by atoms with Crippen LogP contribution in [0.15, 0.2) is 9.72 Å². The Morgan fingerprint density at radius 1 is 1.58 bits per heavy atom. The second-order valence-corrected chi connectivity index (χ2v) is 7.51. The Kier molecular flexibility index (Phi) is 3.93. The first kappa shape index (κ1) is 14.4. The molecule has 1 saturated heterocycles. The normalized spacial score (nSPS) is 24.7. The van der Waals surface area contributed by atoms with Crippen molar-refractivity contribution in [1.29, 1.82) is 0 Å². The Labute approximate surface area is 116 Å². The van der Waals surface area contributed by atoms with Crippen LogP contribution in [0, 0.1) is 0 Å². The lowest BCUT2D eigenvalue weighted by Gasteiger charge is -2.26. The molecular formula is C11H16N2O4S2. The SMILES string of the molecule is CCC1CCC(C)N1S(=O)(=O)c1scnc1C(=O)O. The van der Waals surface area contributed by atoms with Crippen molar-refractivity contribution in [2.75, 3.05) is 0 Å². The molecule has 2 unspecified atom stereocenters. The molecule has 2 heterocycles. The first-order chi connectivity index (χ1) is 8.89. The van der Waals surface area contributed by atoms with Gasteiger partial charge in [-0.3, -0.25) is 0 Å². The summed E-state index contributed by atoms with van der Waals surface area (Å²) < 4.78 is 26.6. The van der Waals surface area contributed by atoms with Gasteiger partial charge in [-0.15, -0.1) is 11.3 Å². The van der Waals surface area contributed by atoms with Crippen LogP contribution in [0.3, 0.4) is 0 Å². The van der Waals surface area contributed by atoms with E-state index in [-0.39, 0.29) is 22.0 Å². The van der Waals surface area contributed by atoms with Gasteiger partial charge in [-0.1, -0.05) is 6.92 Å². The summed E-state index contributed by atoms with van der Waals surface area (Å²) in [6.45, 7) is 3.80. The zero-order valence-electron chi connectivity index (χ0n) is 10.7. The molecule has 0 saturated carbocycles. The molecule has 2 atom stereocenters. The van der Waals surface area contributed by atoms with Gasteiger partial charge in [0.1, 0.15) is 0 Å². The molecule has 0 aromatic carbocycles. The molecule has 2 rings (SSSR count). The Morgan fingerprint density at radius 3 is 2.84 bits per heavy atom. The maximum atomic E-state index is 12.6. The van der Waals surface area contributed by atoms with E-state index in [9.17, 15) is 13.2 Å². The lowest BCUT2D eigenvalue weighted by molar-refractivity contribution is 0.0687. The number of hydrogen-bond acceptors (Lipinski definition) is 5. The fraction of sp³-hybridized carbons (Fsp3) is 0.636. The fourth-order valence-corrected chi connectivity index (χ4v) is 5.70. The highest BCUT2D eigenvalue weighted by Crippen LogP contribution is 2.34. The molecule has 6 nitrogen and oxygen atoms in total. The summed E-state index contributed by atoms with van der Waals surface area (Å²) in [4.78, 5) is 14.7. The van der Waals surface area contributed by atoms with Crippen molar-refractivity contribution in [3.05, 3.63) is 11.2 Å². The second-order valence-electron chi connectivity index (χ2n) is 4.62. The minimum atomic E-state index is -3.77. The highest BCUT2D eigenvalue weighted by Gasteiger charge is 2.41. The summed E-state index contributed by atoms with van der Waals surface area (Å²) in [5.41, 5.74) is 0.886. The van der Waals surface area contributed by atoms with Crippen LogP contribution in [0.2, 0.25) is 0 Å². The molecule has 1 aromatic rings. The van der Waals surface area contributed by atoms with E-state index in [2.05, 4.69) is 4.98 Å². The van der Waals surface area contributed by atoms with Gasteiger partial charge >= 0.3 is 5.97 Å². The number of thiazole rings is 1. The van der Waals surface area contributed by atoms with Crippen LogP contribution < -0.4 is 0 Å². The van der Waals surface area contributed by atoms with Crippen LogP contribution in [0.4, 0.5) is 0 Å². The van der Waals surface area contributed by atoms with Crippen LogP contribution >= 0.6 is 11.3 Å². The van der Waals surface area contributed by atoms with E-state index < -0.39 is 16.0 Å². The lowest BCUT2D eigenvalue weighted by Crippen LogP contribution is -2.39. The molecule has 0 amide bonds. The summed E-state index contributed by atoms with van der Waals surface area (Å²) in [7, 11) is -3.77. The van der Waals surface area contributed by atoms with Gasteiger partial charge in [-0.05, 0) is 26.2 Å². The molecule has 1 aliphatic rings. The minimum Gasteiger partial charge on any atom is -0.476 e. The predicted octanol–water partition coefficient (Wildman–Crippen LogP) is 1.79. The number of aromatic carboxylic acids is 1.